The monoisotopic (exact) mass is 361 g/mol. The number of carbonyl (C=O) groups excluding carboxylic acids is 1. The Morgan fingerprint density at radius 2 is 2.22 bits per heavy atom. The number of thiophene rings is 1. The molecule has 9 heteroatoms. The van der Waals surface area contributed by atoms with Gasteiger partial charge in [-0.25, -0.2) is 17.2 Å². The second-order valence-electron chi connectivity index (χ2n) is 5.32. The second kappa shape index (κ2) is 5.72. The van der Waals surface area contributed by atoms with Gasteiger partial charge in [-0.05, 0) is 30.9 Å². The summed E-state index contributed by atoms with van der Waals surface area (Å²) in [6.07, 6.45) is -1.59. The van der Waals surface area contributed by atoms with E-state index in [1.807, 2.05) is 0 Å². The molecular weight excluding hydrogens is 348 g/mol. The molecule has 2 aromatic rings. The van der Waals surface area contributed by atoms with Crippen molar-refractivity contribution in [2.75, 3.05) is 0 Å². The average molecular weight is 361 g/mol. The van der Waals surface area contributed by atoms with Gasteiger partial charge >= 0.3 is 0 Å². The fourth-order valence-electron chi connectivity index (χ4n) is 2.53. The van der Waals surface area contributed by atoms with E-state index in [4.69, 9.17) is 0 Å². The van der Waals surface area contributed by atoms with Crippen molar-refractivity contribution in [3.05, 3.63) is 40.7 Å². The van der Waals surface area contributed by atoms with Crippen LogP contribution in [0.5, 0.6) is 0 Å². The summed E-state index contributed by atoms with van der Waals surface area (Å²) < 4.78 is 54.4. The van der Waals surface area contributed by atoms with E-state index in [2.05, 4.69) is 9.73 Å². The summed E-state index contributed by atoms with van der Waals surface area (Å²) in [7, 11) is -3.37. The molecule has 3 heterocycles. The second-order valence-corrected chi connectivity index (χ2v) is 8.80. The predicted molar refractivity (Wildman–Crippen MR) is 79.5 cm³/mol. The fraction of sp³-hybridized carbons (Fsp3) is 0.357. The van der Waals surface area contributed by atoms with Gasteiger partial charge in [0.05, 0.1) is 16.9 Å². The molecule has 0 bridgehead atoms. The smallest absolute Gasteiger partial charge is 0.295 e. The first kappa shape index (κ1) is 16.1. The summed E-state index contributed by atoms with van der Waals surface area (Å²) in [5.74, 6) is -1.15. The van der Waals surface area contributed by atoms with Crippen molar-refractivity contribution in [2.24, 2.45) is 0 Å². The number of nitrogens with one attached hydrogen (secondary N) is 1. The normalized spacial score (nSPS) is 22.8. The Bertz CT molecular complexity index is 841. The van der Waals surface area contributed by atoms with Crippen LogP contribution in [-0.2, 0) is 9.84 Å². The van der Waals surface area contributed by atoms with E-state index in [1.165, 1.54) is 0 Å². The molecule has 2 atom stereocenters. The van der Waals surface area contributed by atoms with Gasteiger partial charge < -0.3 is 9.73 Å². The van der Waals surface area contributed by atoms with Crippen LogP contribution in [0.4, 0.5) is 8.78 Å². The Morgan fingerprint density at radius 1 is 1.48 bits per heavy atom. The molecule has 1 aliphatic rings. The minimum Gasteiger partial charge on any atom is -0.462 e. The lowest BCUT2D eigenvalue weighted by Gasteiger charge is -2.27. The van der Waals surface area contributed by atoms with Crippen LogP contribution in [0, 0.1) is 0 Å². The molecule has 0 spiro atoms. The van der Waals surface area contributed by atoms with Crippen LogP contribution < -0.4 is 5.32 Å². The lowest BCUT2D eigenvalue weighted by atomic mass is 10.0. The first-order valence-electron chi connectivity index (χ1n) is 6.79. The lowest BCUT2D eigenvalue weighted by molar-refractivity contribution is 0.0932. The number of alkyl halides is 2. The fourth-order valence-corrected chi connectivity index (χ4v) is 5.76. The molecule has 0 aliphatic carbocycles. The Morgan fingerprint density at radius 3 is 2.87 bits per heavy atom. The third kappa shape index (κ3) is 2.78. The van der Waals surface area contributed by atoms with Crippen LogP contribution in [0.1, 0.15) is 47.5 Å². The SMILES string of the molecule is C[C@H]1C[C@H](NC(=O)c2coc(C(F)F)c2)c2ccsc2S1(=O)=O. The number of furan rings is 1. The number of hydrogen-bond donors (Lipinski definition) is 1. The maximum atomic E-state index is 12.5. The first-order valence-corrected chi connectivity index (χ1v) is 9.22. The maximum absolute atomic E-state index is 12.5. The zero-order chi connectivity index (χ0) is 16.8. The highest BCUT2D eigenvalue weighted by Gasteiger charge is 2.38. The molecule has 0 unspecified atom stereocenters. The van der Waals surface area contributed by atoms with Crippen LogP contribution in [-0.4, -0.2) is 19.6 Å². The summed E-state index contributed by atoms with van der Waals surface area (Å²) in [5.41, 5.74) is 0.525. The molecule has 1 N–H and O–H groups in total. The van der Waals surface area contributed by atoms with Crippen molar-refractivity contribution >= 4 is 27.1 Å². The van der Waals surface area contributed by atoms with Crippen molar-refractivity contribution in [1.29, 1.82) is 0 Å². The zero-order valence-electron chi connectivity index (χ0n) is 12.0. The number of sulfone groups is 1. The third-order valence-corrected chi connectivity index (χ3v) is 7.50. The highest BCUT2D eigenvalue weighted by Crippen LogP contribution is 2.39. The number of amides is 1. The zero-order valence-corrected chi connectivity index (χ0v) is 13.6. The van der Waals surface area contributed by atoms with E-state index < -0.39 is 39.2 Å². The number of rotatable bonds is 3. The highest BCUT2D eigenvalue weighted by molar-refractivity contribution is 7.94. The summed E-state index contributed by atoms with van der Waals surface area (Å²) >= 11 is 1.11. The number of carbonyl (C=O) groups is 1. The molecule has 1 aliphatic heterocycles. The lowest BCUT2D eigenvalue weighted by Crippen LogP contribution is -2.36. The summed E-state index contributed by atoms with van der Waals surface area (Å²) in [5, 5.41) is 3.73. The molecule has 23 heavy (non-hydrogen) atoms. The van der Waals surface area contributed by atoms with Crippen molar-refractivity contribution in [3.8, 4) is 0 Å². The standard InChI is InChI=1S/C14H13F2NO4S2/c1-7-4-10(9-2-3-22-14(9)23(7,19)20)17-13(18)8-5-11(12(15)16)21-6-8/h2-3,5-7,10,12H,4H2,1H3,(H,17,18)/t7-,10-/m0/s1. The Balaban J connectivity index is 1.84. The number of halogens is 2. The van der Waals surface area contributed by atoms with Crippen LogP contribution in [0.2, 0.25) is 0 Å². The molecule has 0 fully saturated rings. The van der Waals surface area contributed by atoms with E-state index in [0.29, 0.717) is 5.56 Å². The molecule has 3 rings (SSSR count). The molecule has 0 radical (unpaired) electrons. The van der Waals surface area contributed by atoms with Crippen molar-refractivity contribution in [1.82, 2.24) is 5.32 Å². The topological polar surface area (TPSA) is 76.4 Å². The molecule has 0 saturated carbocycles. The van der Waals surface area contributed by atoms with Gasteiger partial charge in [0.15, 0.2) is 15.6 Å². The minimum absolute atomic E-state index is 0.0156. The van der Waals surface area contributed by atoms with Crippen molar-refractivity contribution in [2.45, 2.75) is 35.3 Å². The van der Waals surface area contributed by atoms with E-state index in [1.54, 1.807) is 18.4 Å². The van der Waals surface area contributed by atoms with E-state index in [0.717, 1.165) is 23.7 Å². The number of hydrogen-bond acceptors (Lipinski definition) is 5. The summed E-state index contributed by atoms with van der Waals surface area (Å²) in [6, 6.07) is 2.17. The number of fused-ring (bicyclic) bond motifs is 1. The average Bonchev–Trinajstić information content (AvgIpc) is 3.14. The van der Waals surface area contributed by atoms with Crippen LogP contribution >= 0.6 is 11.3 Å². The van der Waals surface area contributed by atoms with E-state index in [9.17, 15) is 22.0 Å². The molecule has 1 amide bonds. The third-order valence-electron chi connectivity index (χ3n) is 3.79. The molecule has 5 nitrogen and oxygen atoms in total. The van der Waals surface area contributed by atoms with Gasteiger partial charge in [0.25, 0.3) is 12.3 Å². The van der Waals surface area contributed by atoms with Gasteiger partial charge in [0, 0.05) is 5.56 Å². The first-order chi connectivity index (χ1) is 10.8. The molecule has 124 valence electrons. The Kier molecular flexibility index (Phi) is 4.01. The summed E-state index contributed by atoms with van der Waals surface area (Å²) in [4.78, 5) is 12.2. The van der Waals surface area contributed by atoms with E-state index in [-0.39, 0.29) is 16.2 Å². The Labute approximate surface area is 135 Å². The quantitative estimate of drug-likeness (QED) is 0.910. The predicted octanol–water partition coefficient (Wildman–Crippen LogP) is 3.32. The van der Waals surface area contributed by atoms with Crippen molar-refractivity contribution in [3.63, 3.8) is 0 Å². The van der Waals surface area contributed by atoms with Gasteiger partial charge in [-0.1, -0.05) is 0 Å². The van der Waals surface area contributed by atoms with Gasteiger partial charge in [-0.3, -0.25) is 4.79 Å². The minimum atomic E-state index is -3.37. The van der Waals surface area contributed by atoms with Gasteiger partial charge in [0.2, 0.25) is 0 Å². The molecule has 0 saturated heterocycles. The van der Waals surface area contributed by atoms with Crippen molar-refractivity contribution < 1.29 is 26.4 Å². The Hall–Kier alpha value is -1.74. The molecule has 2 aromatic heterocycles. The van der Waals surface area contributed by atoms with E-state index >= 15 is 0 Å². The van der Waals surface area contributed by atoms with Gasteiger partial charge in [-0.2, -0.15) is 0 Å². The molecule has 0 aromatic carbocycles. The maximum Gasteiger partial charge on any atom is 0.295 e. The van der Waals surface area contributed by atoms with Crippen LogP contribution in [0.15, 0.2) is 32.4 Å². The largest absolute Gasteiger partial charge is 0.462 e. The summed E-state index contributed by atoms with van der Waals surface area (Å²) in [6.45, 7) is 1.59. The van der Waals surface area contributed by atoms with Gasteiger partial charge in [0.1, 0.15) is 10.5 Å². The van der Waals surface area contributed by atoms with Crippen LogP contribution in [0.3, 0.4) is 0 Å². The van der Waals surface area contributed by atoms with Gasteiger partial charge in [-0.15, -0.1) is 11.3 Å². The molecular formula is C14H13F2NO4S2. The van der Waals surface area contributed by atoms with Crippen LogP contribution in [0.25, 0.3) is 0 Å². The highest BCUT2D eigenvalue weighted by atomic mass is 32.2.